The Morgan fingerprint density at radius 3 is 2.64 bits per heavy atom. The average Bonchev–Trinajstić information content (AvgIpc) is 3.07. The summed E-state index contributed by atoms with van der Waals surface area (Å²) in [4.78, 5) is 28.0. The fraction of sp³-hybridized carbons (Fsp3) is 0.200. The second-order valence-corrected chi connectivity index (χ2v) is 7.32. The smallest absolute Gasteiger partial charge is 0.262 e. The Kier molecular flexibility index (Phi) is 6.00. The van der Waals surface area contributed by atoms with Gasteiger partial charge in [-0.2, -0.15) is 5.10 Å². The lowest BCUT2D eigenvalue weighted by Crippen LogP contribution is -2.35. The van der Waals surface area contributed by atoms with E-state index in [0.717, 1.165) is 15.8 Å². The first kappa shape index (κ1) is 19.5. The molecule has 2 amide bonds. The van der Waals surface area contributed by atoms with E-state index in [1.165, 1.54) is 18.3 Å². The van der Waals surface area contributed by atoms with Crippen LogP contribution in [0, 0.1) is 0 Å². The number of hydrogen-bond donors (Lipinski definition) is 3. The highest BCUT2D eigenvalue weighted by Gasteiger charge is 2.14. The third-order valence-corrected chi connectivity index (χ3v) is 4.93. The van der Waals surface area contributed by atoms with Gasteiger partial charge in [0.25, 0.3) is 5.91 Å². The number of fused-ring (bicyclic) bond motifs is 1. The third-order valence-electron chi connectivity index (χ3n) is 3.96. The van der Waals surface area contributed by atoms with Crippen LogP contribution < -0.4 is 16.1 Å². The van der Waals surface area contributed by atoms with Gasteiger partial charge in [0.05, 0.1) is 15.9 Å². The number of anilines is 2. The molecule has 2 aromatic carbocycles. The van der Waals surface area contributed by atoms with Crippen LogP contribution in [0.1, 0.15) is 26.3 Å². The van der Waals surface area contributed by atoms with Gasteiger partial charge in [-0.1, -0.05) is 35.6 Å². The van der Waals surface area contributed by atoms with Gasteiger partial charge in [-0.25, -0.2) is 10.4 Å². The van der Waals surface area contributed by atoms with Crippen molar-refractivity contribution in [1.82, 2.24) is 10.4 Å². The highest BCUT2D eigenvalue weighted by Crippen LogP contribution is 2.25. The minimum atomic E-state index is -0.497. The van der Waals surface area contributed by atoms with Gasteiger partial charge in [-0.15, -0.1) is 0 Å². The van der Waals surface area contributed by atoms with Crippen LogP contribution in [0.3, 0.4) is 0 Å². The van der Waals surface area contributed by atoms with Gasteiger partial charge in [-0.05, 0) is 43.7 Å². The number of aromatic nitrogens is 1. The number of rotatable bonds is 6. The van der Waals surface area contributed by atoms with E-state index in [2.05, 4.69) is 26.1 Å². The number of thiazole rings is 1. The van der Waals surface area contributed by atoms with E-state index < -0.39 is 6.04 Å². The molecule has 1 heterocycles. The molecular weight excluding hydrogens is 374 g/mol. The molecule has 1 aromatic heterocycles. The second kappa shape index (κ2) is 8.62. The normalized spacial score (nSPS) is 12.5. The molecule has 1 atom stereocenters. The fourth-order valence-electron chi connectivity index (χ4n) is 2.51. The molecule has 144 valence electrons. The van der Waals surface area contributed by atoms with Crippen LogP contribution in [0.2, 0.25) is 0 Å². The molecule has 7 nitrogen and oxygen atoms in total. The summed E-state index contributed by atoms with van der Waals surface area (Å²) in [5.41, 5.74) is 5.58. The summed E-state index contributed by atoms with van der Waals surface area (Å²) in [5.74, 6) is -0.411. The number of benzene rings is 2. The third kappa shape index (κ3) is 4.92. The van der Waals surface area contributed by atoms with Crippen molar-refractivity contribution in [2.45, 2.75) is 26.8 Å². The van der Waals surface area contributed by atoms with Gasteiger partial charge in [0, 0.05) is 12.6 Å². The van der Waals surface area contributed by atoms with Crippen molar-refractivity contribution in [2.75, 3.05) is 10.6 Å². The van der Waals surface area contributed by atoms with Gasteiger partial charge < -0.3 is 10.6 Å². The summed E-state index contributed by atoms with van der Waals surface area (Å²) < 4.78 is 1.06. The largest absolute Gasteiger partial charge is 0.350 e. The highest BCUT2D eigenvalue weighted by atomic mass is 32.1. The predicted molar refractivity (Wildman–Crippen MR) is 114 cm³/mol. The second-order valence-electron chi connectivity index (χ2n) is 6.29. The zero-order valence-corrected chi connectivity index (χ0v) is 16.6. The van der Waals surface area contributed by atoms with Crippen LogP contribution in [0.25, 0.3) is 10.2 Å². The fourth-order valence-corrected chi connectivity index (χ4v) is 3.46. The summed E-state index contributed by atoms with van der Waals surface area (Å²) in [5, 5.41) is 10.7. The monoisotopic (exact) mass is 395 g/mol. The quantitative estimate of drug-likeness (QED) is 0.439. The molecule has 0 aliphatic heterocycles. The number of hydrazone groups is 1. The Labute approximate surface area is 166 Å². The molecule has 0 bridgehead atoms. The number of para-hydroxylation sites is 1. The highest BCUT2D eigenvalue weighted by molar-refractivity contribution is 7.22. The molecule has 28 heavy (non-hydrogen) atoms. The van der Waals surface area contributed by atoms with E-state index in [4.69, 9.17) is 0 Å². The van der Waals surface area contributed by atoms with E-state index in [1.54, 1.807) is 26.0 Å². The topological polar surface area (TPSA) is 95.5 Å². The van der Waals surface area contributed by atoms with Crippen LogP contribution in [0.15, 0.2) is 53.6 Å². The van der Waals surface area contributed by atoms with E-state index >= 15 is 0 Å². The molecule has 3 N–H and O–H groups in total. The maximum atomic E-state index is 12.3. The lowest BCUT2D eigenvalue weighted by Gasteiger charge is -2.11. The number of nitrogens with one attached hydrogen (secondary N) is 3. The Morgan fingerprint density at radius 1 is 1.11 bits per heavy atom. The molecule has 0 spiro atoms. The Balaban J connectivity index is 1.62. The first-order valence-corrected chi connectivity index (χ1v) is 9.58. The molecule has 0 saturated heterocycles. The molecule has 0 fully saturated rings. The first-order valence-electron chi connectivity index (χ1n) is 8.76. The van der Waals surface area contributed by atoms with Crippen LogP contribution in [0.5, 0.6) is 0 Å². The van der Waals surface area contributed by atoms with Crippen molar-refractivity contribution >= 4 is 49.9 Å². The number of nitrogens with zero attached hydrogens (tertiary/aromatic N) is 2. The summed E-state index contributed by atoms with van der Waals surface area (Å²) in [7, 11) is 0. The van der Waals surface area contributed by atoms with Crippen LogP contribution in [-0.2, 0) is 9.59 Å². The van der Waals surface area contributed by atoms with Crippen molar-refractivity contribution < 1.29 is 9.59 Å². The van der Waals surface area contributed by atoms with Gasteiger partial charge >= 0.3 is 0 Å². The van der Waals surface area contributed by atoms with Crippen molar-refractivity contribution in [1.29, 1.82) is 0 Å². The van der Waals surface area contributed by atoms with Gasteiger partial charge in [0.1, 0.15) is 6.04 Å². The molecule has 3 rings (SSSR count). The number of carbonyl (C=O) groups is 2. The molecule has 8 heteroatoms. The molecular formula is C20H21N5O2S. The zero-order chi connectivity index (χ0) is 20.1. The van der Waals surface area contributed by atoms with E-state index in [0.29, 0.717) is 16.5 Å². The van der Waals surface area contributed by atoms with E-state index in [1.807, 2.05) is 36.4 Å². The van der Waals surface area contributed by atoms with Crippen molar-refractivity contribution in [3.63, 3.8) is 0 Å². The Bertz CT molecular complexity index is 1010. The minimum Gasteiger partial charge on any atom is -0.350 e. The molecule has 3 aromatic rings. The first-order chi connectivity index (χ1) is 13.4. The zero-order valence-electron chi connectivity index (χ0n) is 15.8. The molecule has 0 saturated carbocycles. The van der Waals surface area contributed by atoms with Gasteiger partial charge in [0.15, 0.2) is 5.13 Å². The average molecular weight is 395 g/mol. The number of carbonyl (C=O) groups excluding carboxylic acids is 2. The molecule has 0 unspecified atom stereocenters. The van der Waals surface area contributed by atoms with Crippen LogP contribution in [-0.4, -0.2) is 28.6 Å². The Morgan fingerprint density at radius 2 is 1.89 bits per heavy atom. The molecule has 0 aliphatic rings. The molecule has 0 aliphatic carbocycles. The molecule has 0 radical (unpaired) electrons. The predicted octanol–water partition coefficient (Wildman–Crippen LogP) is 3.60. The van der Waals surface area contributed by atoms with Crippen molar-refractivity contribution in [2.24, 2.45) is 5.10 Å². The SMILES string of the molecule is CC(=O)Nc1cccc(/C(C)=N\NC(=O)[C@H](C)Nc2nc3ccccc3s2)c1. The lowest BCUT2D eigenvalue weighted by molar-refractivity contribution is -0.121. The van der Waals surface area contributed by atoms with Gasteiger partial charge in [-0.3, -0.25) is 9.59 Å². The van der Waals surface area contributed by atoms with E-state index in [-0.39, 0.29) is 11.8 Å². The summed E-state index contributed by atoms with van der Waals surface area (Å²) in [6.45, 7) is 5.00. The minimum absolute atomic E-state index is 0.144. The maximum Gasteiger partial charge on any atom is 0.262 e. The van der Waals surface area contributed by atoms with Crippen LogP contribution >= 0.6 is 11.3 Å². The Hall–Kier alpha value is -3.26. The lowest BCUT2D eigenvalue weighted by atomic mass is 10.1. The van der Waals surface area contributed by atoms with Crippen molar-refractivity contribution in [3.05, 3.63) is 54.1 Å². The summed E-state index contributed by atoms with van der Waals surface area (Å²) in [6.07, 6.45) is 0. The maximum absolute atomic E-state index is 12.3. The summed E-state index contributed by atoms with van der Waals surface area (Å²) >= 11 is 1.50. The number of amides is 2. The van der Waals surface area contributed by atoms with Crippen molar-refractivity contribution in [3.8, 4) is 0 Å². The standard InChI is InChI=1S/C20H21N5O2S/c1-12(15-7-6-8-16(11-15)22-14(3)26)24-25-19(27)13(2)21-20-23-17-9-4-5-10-18(17)28-20/h4-11,13H,1-3H3,(H,21,23)(H,22,26)(H,25,27)/b24-12-/t13-/m0/s1. The van der Waals surface area contributed by atoms with E-state index in [9.17, 15) is 9.59 Å². The number of hydrogen-bond acceptors (Lipinski definition) is 6. The van der Waals surface area contributed by atoms with Gasteiger partial charge in [0.2, 0.25) is 5.91 Å². The summed E-state index contributed by atoms with van der Waals surface area (Å²) in [6, 6.07) is 14.6. The van der Waals surface area contributed by atoms with Crippen LogP contribution in [0.4, 0.5) is 10.8 Å².